The monoisotopic (exact) mass is 318 g/mol. The van der Waals surface area contributed by atoms with Crippen LogP contribution in [0.15, 0.2) is 12.1 Å². The second-order valence-corrected chi connectivity index (χ2v) is 5.72. The van der Waals surface area contributed by atoms with E-state index < -0.39 is 11.9 Å². The fourth-order valence-corrected chi connectivity index (χ4v) is 2.55. The highest BCUT2D eigenvalue weighted by Crippen LogP contribution is 2.32. The third-order valence-corrected chi connectivity index (χ3v) is 3.84. The SMILES string of the molecule is CN(C)C1CCN(c2nc(C(F)(F)F)ccc2C(N)=S)C1. The molecule has 116 valence electrons. The van der Waals surface area contributed by atoms with Crippen molar-refractivity contribution in [2.24, 2.45) is 5.73 Å². The number of nitrogens with zero attached hydrogens (tertiary/aromatic N) is 3. The minimum Gasteiger partial charge on any atom is -0.389 e. The first kappa shape index (κ1) is 16.0. The van der Waals surface area contributed by atoms with Gasteiger partial charge < -0.3 is 15.5 Å². The Bertz CT molecular complexity index is 545. The second-order valence-electron chi connectivity index (χ2n) is 5.28. The third kappa shape index (κ3) is 3.44. The van der Waals surface area contributed by atoms with Crippen LogP contribution < -0.4 is 10.6 Å². The van der Waals surface area contributed by atoms with Gasteiger partial charge in [0.2, 0.25) is 0 Å². The van der Waals surface area contributed by atoms with E-state index in [0.717, 1.165) is 12.5 Å². The van der Waals surface area contributed by atoms with Gasteiger partial charge in [-0.05, 0) is 32.6 Å². The lowest BCUT2D eigenvalue weighted by Gasteiger charge is -2.23. The molecule has 0 spiro atoms. The van der Waals surface area contributed by atoms with Crippen molar-refractivity contribution >= 4 is 23.0 Å². The van der Waals surface area contributed by atoms with Gasteiger partial charge in [0, 0.05) is 19.1 Å². The van der Waals surface area contributed by atoms with Crippen LogP contribution in [0.5, 0.6) is 0 Å². The van der Waals surface area contributed by atoms with E-state index in [4.69, 9.17) is 18.0 Å². The van der Waals surface area contributed by atoms with Crippen LogP contribution in [-0.4, -0.2) is 48.1 Å². The van der Waals surface area contributed by atoms with Crippen LogP contribution in [0.1, 0.15) is 17.7 Å². The molecule has 1 unspecified atom stereocenters. The number of likely N-dealkylation sites (N-methyl/N-ethyl adjacent to an activating group) is 1. The van der Waals surface area contributed by atoms with Gasteiger partial charge in [-0.25, -0.2) is 4.98 Å². The van der Waals surface area contributed by atoms with Crippen molar-refractivity contribution in [2.45, 2.75) is 18.6 Å². The number of nitrogens with two attached hydrogens (primary N) is 1. The molecule has 1 atom stereocenters. The summed E-state index contributed by atoms with van der Waals surface area (Å²) in [5, 5.41) is 0. The van der Waals surface area contributed by atoms with Crippen LogP contribution >= 0.6 is 12.2 Å². The van der Waals surface area contributed by atoms with E-state index in [9.17, 15) is 13.2 Å². The van der Waals surface area contributed by atoms with Gasteiger partial charge in [-0.3, -0.25) is 0 Å². The third-order valence-electron chi connectivity index (χ3n) is 3.62. The largest absolute Gasteiger partial charge is 0.433 e. The number of rotatable bonds is 3. The summed E-state index contributed by atoms with van der Waals surface area (Å²) in [5.41, 5.74) is 5.07. The number of pyridine rings is 1. The quantitative estimate of drug-likeness (QED) is 0.862. The second kappa shape index (κ2) is 5.76. The standard InChI is InChI=1S/C13H17F3N4S/c1-19(2)8-5-6-20(7-8)12-9(11(17)21)3-4-10(18-12)13(14,15)16/h3-4,8H,5-7H2,1-2H3,(H2,17,21). The summed E-state index contributed by atoms with van der Waals surface area (Å²) in [6.07, 6.45) is -3.62. The van der Waals surface area contributed by atoms with Crippen molar-refractivity contribution in [3.63, 3.8) is 0 Å². The molecule has 8 heteroatoms. The molecule has 2 rings (SSSR count). The van der Waals surface area contributed by atoms with Gasteiger partial charge in [0.15, 0.2) is 0 Å². The van der Waals surface area contributed by atoms with Crippen molar-refractivity contribution in [3.05, 3.63) is 23.4 Å². The highest BCUT2D eigenvalue weighted by molar-refractivity contribution is 7.80. The maximum atomic E-state index is 12.8. The molecular formula is C13H17F3N4S. The van der Waals surface area contributed by atoms with E-state index in [0.29, 0.717) is 18.7 Å². The van der Waals surface area contributed by atoms with Crippen LogP contribution in [0, 0.1) is 0 Å². The molecule has 0 saturated carbocycles. The first-order valence-corrected chi connectivity index (χ1v) is 6.90. The molecule has 1 aliphatic heterocycles. The normalized spacial score (nSPS) is 19.3. The number of thiocarbonyl (C=S) groups is 1. The van der Waals surface area contributed by atoms with E-state index in [-0.39, 0.29) is 16.8 Å². The predicted octanol–water partition coefficient (Wildman–Crippen LogP) is 1.87. The Morgan fingerprint density at radius 2 is 2.10 bits per heavy atom. The number of aromatic nitrogens is 1. The summed E-state index contributed by atoms with van der Waals surface area (Å²) in [5.74, 6) is 0.224. The summed E-state index contributed by atoms with van der Waals surface area (Å²) in [6, 6.07) is 2.49. The molecule has 1 saturated heterocycles. The zero-order valence-electron chi connectivity index (χ0n) is 11.8. The van der Waals surface area contributed by atoms with E-state index in [1.807, 2.05) is 23.9 Å². The highest BCUT2D eigenvalue weighted by atomic mass is 32.1. The van der Waals surface area contributed by atoms with Gasteiger partial charge in [-0.15, -0.1) is 0 Å². The van der Waals surface area contributed by atoms with E-state index in [2.05, 4.69) is 4.98 Å². The molecule has 1 fully saturated rings. The Morgan fingerprint density at radius 1 is 1.43 bits per heavy atom. The van der Waals surface area contributed by atoms with Crippen LogP contribution in [0.4, 0.5) is 19.0 Å². The molecule has 0 bridgehead atoms. The summed E-state index contributed by atoms with van der Waals surface area (Å²) in [7, 11) is 3.89. The predicted molar refractivity (Wildman–Crippen MR) is 79.4 cm³/mol. The van der Waals surface area contributed by atoms with Crippen molar-refractivity contribution in [1.82, 2.24) is 9.88 Å². The Morgan fingerprint density at radius 3 is 2.57 bits per heavy atom. The maximum absolute atomic E-state index is 12.8. The number of anilines is 1. The van der Waals surface area contributed by atoms with Gasteiger partial charge in [0.05, 0.1) is 5.56 Å². The van der Waals surface area contributed by atoms with Gasteiger partial charge in [0.1, 0.15) is 16.5 Å². The molecule has 0 radical (unpaired) electrons. The average molecular weight is 318 g/mol. The van der Waals surface area contributed by atoms with Crippen molar-refractivity contribution in [3.8, 4) is 0 Å². The van der Waals surface area contributed by atoms with Crippen LogP contribution in [-0.2, 0) is 6.18 Å². The van der Waals surface area contributed by atoms with Gasteiger partial charge in [0.25, 0.3) is 0 Å². The van der Waals surface area contributed by atoms with Crippen molar-refractivity contribution in [1.29, 1.82) is 0 Å². The Kier molecular flexibility index (Phi) is 4.38. The average Bonchev–Trinajstić information content (AvgIpc) is 2.86. The van der Waals surface area contributed by atoms with Crippen LogP contribution in [0.2, 0.25) is 0 Å². The van der Waals surface area contributed by atoms with Crippen LogP contribution in [0.25, 0.3) is 0 Å². The number of hydrogen-bond acceptors (Lipinski definition) is 4. The van der Waals surface area contributed by atoms with Gasteiger partial charge in [-0.2, -0.15) is 13.2 Å². The van der Waals surface area contributed by atoms with E-state index in [1.54, 1.807) is 0 Å². The maximum Gasteiger partial charge on any atom is 0.433 e. The van der Waals surface area contributed by atoms with Gasteiger partial charge in [-0.1, -0.05) is 12.2 Å². The summed E-state index contributed by atoms with van der Waals surface area (Å²) >= 11 is 4.92. The van der Waals surface area contributed by atoms with Crippen molar-refractivity contribution in [2.75, 3.05) is 32.1 Å². The molecule has 1 aromatic rings. The van der Waals surface area contributed by atoms with Crippen molar-refractivity contribution < 1.29 is 13.2 Å². The smallest absolute Gasteiger partial charge is 0.389 e. The lowest BCUT2D eigenvalue weighted by Crippen LogP contribution is -2.33. The highest BCUT2D eigenvalue weighted by Gasteiger charge is 2.35. The molecule has 0 amide bonds. The number of halogens is 3. The zero-order valence-corrected chi connectivity index (χ0v) is 12.6. The first-order chi connectivity index (χ1) is 9.70. The molecule has 2 heterocycles. The summed E-state index contributed by atoms with van der Waals surface area (Å²) in [6.45, 7) is 1.24. The number of alkyl halides is 3. The molecular weight excluding hydrogens is 301 g/mol. The molecule has 1 aromatic heterocycles. The van der Waals surface area contributed by atoms with E-state index >= 15 is 0 Å². The minimum atomic E-state index is -4.48. The molecule has 4 nitrogen and oxygen atoms in total. The summed E-state index contributed by atoms with van der Waals surface area (Å²) < 4.78 is 38.5. The fraction of sp³-hybridized carbons (Fsp3) is 0.538. The molecule has 21 heavy (non-hydrogen) atoms. The molecule has 2 N–H and O–H groups in total. The lowest BCUT2D eigenvalue weighted by molar-refractivity contribution is -0.141. The van der Waals surface area contributed by atoms with Crippen LogP contribution in [0.3, 0.4) is 0 Å². The molecule has 1 aliphatic rings. The summed E-state index contributed by atoms with van der Waals surface area (Å²) in [4.78, 5) is 7.67. The number of hydrogen-bond donors (Lipinski definition) is 1. The Labute approximate surface area is 126 Å². The molecule has 0 aromatic carbocycles. The fourth-order valence-electron chi connectivity index (χ4n) is 2.40. The minimum absolute atomic E-state index is 0.0551. The van der Waals surface area contributed by atoms with E-state index in [1.165, 1.54) is 6.07 Å². The topological polar surface area (TPSA) is 45.4 Å². The molecule has 0 aliphatic carbocycles. The Hall–Kier alpha value is -1.41. The Balaban J connectivity index is 2.38. The lowest BCUT2D eigenvalue weighted by atomic mass is 10.2. The zero-order chi connectivity index (χ0) is 15.8. The first-order valence-electron chi connectivity index (χ1n) is 6.49. The van der Waals surface area contributed by atoms with Gasteiger partial charge >= 0.3 is 6.18 Å².